The van der Waals surface area contributed by atoms with Gasteiger partial charge in [0.15, 0.2) is 0 Å². The molecule has 0 aliphatic heterocycles. The molecule has 0 unspecified atom stereocenters. The molecule has 2 heterocycles. The van der Waals surface area contributed by atoms with Gasteiger partial charge >= 0.3 is 12.0 Å². The van der Waals surface area contributed by atoms with Crippen molar-refractivity contribution >= 4 is 29.3 Å². The lowest BCUT2D eigenvalue weighted by molar-refractivity contribution is 0.261. The Labute approximate surface area is 141 Å². The van der Waals surface area contributed by atoms with Crippen LogP contribution in [0.25, 0.3) is 11.6 Å². The Morgan fingerprint density at radius 1 is 1.29 bits per heavy atom. The Kier molecular flexibility index (Phi) is 4.34. The predicted octanol–water partition coefficient (Wildman–Crippen LogP) is 2.78. The fourth-order valence-corrected chi connectivity index (χ4v) is 2.11. The summed E-state index contributed by atoms with van der Waals surface area (Å²) in [6.07, 6.45) is 1.74. The van der Waals surface area contributed by atoms with Crippen molar-refractivity contribution in [3.05, 3.63) is 35.5 Å². The standard InChI is InChI=1S/C14H13ClN6O3/c1-21-6-5-9(20-21)12-18-19-14(24-12)17-13(22)16-10-7-8(15)3-4-11(10)23-2/h3-7H,1-2H3,(H2,16,17,19,22). The van der Waals surface area contributed by atoms with Crippen molar-refractivity contribution in [2.75, 3.05) is 17.7 Å². The Hall–Kier alpha value is -3.07. The molecule has 0 saturated carbocycles. The van der Waals surface area contributed by atoms with Crippen LogP contribution in [0.5, 0.6) is 5.75 Å². The summed E-state index contributed by atoms with van der Waals surface area (Å²) in [6, 6.07) is 5.94. The number of nitrogens with one attached hydrogen (secondary N) is 2. The molecule has 2 amide bonds. The highest BCUT2D eigenvalue weighted by Crippen LogP contribution is 2.27. The molecule has 24 heavy (non-hydrogen) atoms. The highest BCUT2D eigenvalue weighted by molar-refractivity contribution is 6.31. The molecule has 10 heteroatoms. The second-order valence-corrected chi connectivity index (χ2v) is 5.15. The lowest BCUT2D eigenvalue weighted by Crippen LogP contribution is -2.20. The molecule has 2 N–H and O–H groups in total. The van der Waals surface area contributed by atoms with Crippen LogP contribution in [0.4, 0.5) is 16.5 Å². The molecule has 0 radical (unpaired) electrons. The molecular formula is C14H13ClN6O3. The van der Waals surface area contributed by atoms with Crippen molar-refractivity contribution in [2.24, 2.45) is 7.05 Å². The number of anilines is 2. The van der Waals surface area contributed by atoms with E-state index in [9.17, 15) is 4.79 Å². The zero-order valence-electron chi connectivity index (χ0n) is 12.8. The number of carbonyl (C=O) groups excluding carboxylic acids is 1. The maximum absolute atomic E-state index is 12.0. The Morgan fingerprint density at radius 3 is 2.83 bits per heavy atom. The molecule has 0 aliphatic rings. The minimum atomic E-state index is -0.577. The lowest BCUT2D eigenvalue weighted by atomic mass is 10.3. The van der Waals surface area contributed by atoms with Gasteiger partial charge in [-0.1, -0.05) is 16.7 Å². The van der Waals surface area contributed by atoms with Gasteiger partial charge < -0.3 is 14.5 Å². The Morgan fingerprint density at radius 2 is 2.12 bits per heavy atom. The third-order valence-corrected chi connectivity index (χ3v) is 3.22. The molecule has 9 nitrogen and oxygen atoms in total. The summed E-state index contributed by atoms with van der Waals surface area (Å²) < 4.78 is 12.1. The maximum atomic E-state index is 12.0. The van der Waals surface area contributed by atoms with Crippen LogP contribution in [0.2, 0.25) is 5.02 Å². The number of rotatable bonds is 4. The van der Waals surface area contributed by atoms with E-state index in [1.807, 2.05) is 0 Å². The SMILES string of the molecule is COc1ccc(Cl)cc1NC(=O)Nc1nnc(-c2ccn(C)n2)o1. The first-order valence-corrected chi connectivity index (χ1v) is 7.18. The fraction of sp³-hybridized carbons (Fsp3) is 0.143. The number of carbonyl (C=O) groups is 1. The van der Waals surface area contributed by atoms with E-state index in [1.54, 1.807) is 42.2 Å². The van der Waals surface area contributed by atoms with Crippen molar-refractivity contribution in [1.29, 1.82) is 0 Å². The normalized spacial score (nSPS) is 10.5. The minimum absolute atomic E-state index is 0.0610. The second kappa shape index (κ2) is 6.59. The van der Waals surface area contributed by atoms with Crippen molar-refractivity contribution in [3.63, 3.8) is 0 Å². The zero-order valence-corrected chi connectivity index (χ0v) is 13.5. The van der Waals surface area contributed by atoms with Crippen molar-refractivity contribution in [1.82, 2.24) is 20.0 Å². The number of urea groups is 1. The number of ether oxygens (including phenoxy) is 1. The summed E-state index contributed by atoms with van der Waals surface area (Å²) in [5, 5.41) is 17.2. The number of nitrogens with zero attached hydrogens (tertiary/aromatic N) is 4. The summed E-state index contributed by atoms with van der Waals surface area (Å²) in [5.41, 5.74) is 0.918. The van der Waals surface area contributed by atoms with Gasteiger partial charge in [0, 0.05) is 18.3 Å². The van der Waals surface area contributed by atoms with Gasteiger partial charge in [-0.2, -0.15) is 5.10 Å². The van der Waals surface area contributed by atoms with E-state index < -0.39 is 6.03 Å². The third kappa shape index (κ3) is 3.46. The monoisotopic (exact) mass is 348 g/mol. The average Bonchev–Trinajstić information content (AvgIpc) is 3.16. The van der Waals surface area contributed by atoms with E-state index in [1.165, 1.54) is 7.11 Å². The van der Waals surface area contributed by atoms with E-state index in [0.717, 1.165) is 0 Å². The van der Waals surface area contributed by atoms with Crippen molar-refractivity contribution in [3.8, 4) is 17.3 Å². The lowest BCUT2D eigenvalue weighted by Gasteiger charge is -2.10. The largest absolute Gasteiger partial charge is 0.495 e. The van der Waals surface area contributed by atoms with Gasteiger partial charge in [0.2, 0.25) is 0 Å². The molecule has 0 atom stereocenters. The summed E-state index contributed by atoms with van der Waals surface area (Å²) in [5.74, 6) is 0.667. The van der Waals surface area contributed by atoms with Gasteiger partial charge in [0.25, 0.3) is 5.89 Å². The number of aryl methyl sites for hydroxylation is 1. The van der Waals surface area contributed by atoms with Crippen LogP contribution < -0.4 is 15.4 Å². The van der Waals surface area contributed by atoms with Crippen LogP contribution >= 0.6 is 11.6 Å². The van der Waals surface area contributed by atoms with E-state index in [2.05, 4.69) is 25.9 Å². The quantitative estimate of drug-likeness (QED) is 0.750. The minimum Gasteiger partial charge on any atom is -0.495 e. The van der Waals surface area contributed by atoms with Crippen molar-refractivity contribution < 1.29 is 13.9 Å². The predicted molar refractivity (Wildman–Crippen MR) is 87.1 cm³/mol. The highest BCUT2D eigenvalue weighted by Gasteiger charge is 2.14. The van der Waals surface area contributed by atoms with E-state index in [4.69, 9.17) is 20.8 Å². The maximum Gasteiger partial charge on any atom is 0.327 e. The van der Waals surface area contributed by atoms with E-state index in [0.29, 0.717) is 22.2 Å². The van der Waals surface area contributed by atoms with Crippen LogP contribution in [-0.2, 0) is 7.05 Å². The Bertz CT molecular complexity index is 875. The molecule has 0 spiro atoms. The molecule has 2 aromatic heterocycles. The highest BCUT2D eigenvalue weighted by atomic mass is 35.5. The van der Waals surface area contributed by atoms with Crippen LogP contribution in [-0.4, -0.2) is 33.1 Å². The molecule has 3 aromatic rings. The van der Waals surface area contributed by atoms with Gasteiger partial charge in [-0.15, -0.1) is 5.10 Å². The number of hydrogen-bond donors (Lipinski definition) is 2. The van der Waals surface area contributed by atoms with Crippen LogP contribution in [0.1, 0.15) is 0 Å². The molecule has 3 rings (SSSR count). The van der Waals surface area contributed by atoms with Gasteiger partial charge in [0.1, 0.15) is 11.4 Å². The zero-order chi connectivity index (χ0) is 17.1. The van der Waals surface area contributed by atoms with Gasteiger partial charge in [0.05, 0.1) is 12.8 Å². The molecule has 1 aromatic carbocycles. The topological polar surface area (TPSA) is 107 Å². The third-order valence-electron chi connectivity index (χ3n) is 2.99. The van der Waals surface area contributed by atoms with Gasteiger partial charge in [-0.25, -0.2) is 4.79 Å². The van der Waals surface area contributed by atoms with E-state index in [-0.39, 0.29) is 11.9 Å². The fourth-order valence-electron chi connectivity index (χ4n) is 1.93. The first-order chi connectivity index (χ1) is 11.5. The first-order valence-electron chi connectivity index (χ1n) is 6.80. The molecule has 0 fully saturated rings. The second-order valence-electron chi connectivity index (χ2n) is 4.71. The number of benzene rings is 1. The van der Waals surface area contributed by atoms with E-state index >= 15 is 0 Å². The molecule has 0 saturated heterocycles. The number of halogens is 1. The summed E-state index contributed by atoms with van der Waals surface area (Å²) in [6.45, 7) is 0. The smallest absolute Gasteiger partial charge is 0.327 e. The molecule has 124 valence electrons. The molecule has 0 aliphatic carbocycles. The summed E-state index contributed by atoms with van der Waals surface area (Å²) in [7, 11) is 3.26. The first kappa shape index (κ1) is 15.8. The number of hydrogen-bond acceptors (Lipinski definition) is 6. The number of methoxy groups -OCH3 is 1. The number of amides is 2. The van der Waals surface area contributed by atoms with Crippen LogP contribution in [0.3, 0.4) is 0 Å². The van der Waals surface area contributed by atoms with Crippen molar-refractivity contribution in [2.45, 2.75) is 0 Å². The number of aromatic nitrogens is 4. The molecule has 0 bridgehead atoms. The average molecular weight is 349 g/mol. The summed E-state index contributed by atoms with van der Waals surface area (Å²) in [4.78, 5) is 12.0. The van der Waals surface area contributed by atoms with Crippen LogP contribution in [0.15, 0.2) is 34.9 Å². The van der Waals surface area contributed by atoms with Gasteiger partial charge in [-0.3, -0.25) is 10.00 Å². The van der Waals surface area contributed by atoms with Gasteiger partial charge in [-0.05, 0) is 24.3 Å². The Balaban J connectivity index is 1.69. The molecular weight excluding hydrogens is 336 g/mol. The van der Waals surface area contributed by atoms with Crippen LogP contribution in [0, 0.1) is 0 Å². The summed E-state index contributed by atoms with van der Waals surface area (Å²) >= 11 is 5.91.